The van der Waals surface area contributed by atoms with Crippen molar-refractivity contribution in [2.75, 3.05) is 13.6 Å². The standard InChI is InChI=1S/C29H30FN3O2/c1-29(2,3)35-27(34)19-33(4)28(24-17-31-32-18-24)23-14-15-26(30)25(16-23)22-12-10-21(11-13-22)20-8-6-5-7-9-20/h5-18,28H,19H2,1-4H3,(H,31,32). The number of carbonyl (C=O) groups excluding carboxylic acids is 1. The second kappa shape index (κ2) is 10.2. The number of hydrogen-bond acceptors (Lipinski definition) is 4. The lowest BCUT2D eigenvalue weighted by molar-refractivity contribution is -0.156. The lowest BCUT2D eigenvalue weighted by atomic mass is 9.94. The number of hydrogen-bond donors (Lipinski definition) is 1. The first-order valence-corrected chi connectivity index (χ1v) is 11.6. The van der Waals surface area contributed by atoms with Crippen molar-refractivity contribution in [1.82, 2.24) is 15.1 Å². The molecule has 0 aliphatic heterocycles. The number of benzene rings is 3. The Kier molecular flexibility index (Phi) is 7.12. The van der Waals surface area contributed by atoms with Crippen LogP contribution in [0.25, 0.3) is 22.3 Å². The van der Waals surface area contributed by atoms with Gasteiger partial charge in [0.2, 0.25) is 0 Å². The summed E-state index contributed by atoms with van der Waals surface area (Å²) in [6.07, 6.45) is 3.50. The zero-order valence-electron chi connectivity index (χ0n) is 20.5. The molecule has 1 heterocycles. The van der Waals surface area contributed by atoms with E-state index in [2.05, 4.69) is 10.2 Å². The van der Waals surface area contributed by atoms with Gasteiger partial charge in [-0.3, -0.25) is 14.8 Å². The Labute approximate surface area is 205 Å². The van der Waals surface area contributed by atoms with Gasteiger partial charge in [-0.25, -0.2) is 4.39 Å². The van der Waals surface area contributed by atoms with Crippen LogP contribution in [0, 0.1) is 5.82 Å². The van der Waals surface area contributed by atoms with E-state index in [1.807, 2.05) is 93.4 Å². The van der Waals surface area contributed by atoms with E-state index in [9.17, 15) is 9.18 Å². The van der Waals surface area contributed by atoms with Gasteiger partial charge in [0.15, 0.2) is 0 Å². The van der Waals surface area contributed by atoms with Crippen molar-refractivity contribution in [3.8, 4) is 22.3 Å². The van der Waals surface area contributed by atoms with Crippen molar-refractivity contribution in [2.24, 2.45) is 0 Å². The Morgan fingerprint density at radius 2 is 1.63 bits per heavy atom. The van der Waals surface area contributed by atoms with Crippen LogP contribution in [-0.2, 0) is 9.53 Å². The number of likely N-dealkylation sites (N-methyl/N-ethyl adjacent to an activating group) is 1. The molecule has 1 atom stereocenters. The molecule has 0 saturated heterocycles. The van der Waals surface area contributed by atoms with Gasteiger partial charge < -0.3 is 4.74 Å². The largest absolute Gasteiger partial charge is 0.459 e. The van der Waals surface area contributed by atoms with Gasteiger partial charge in [0.05, 0.1) is 18.8 Å². The van der Waals surface area contributed by atoms with Gasteiger partial charge in [0, 0.05) is 17.3 Å². The summed E-state index contributed by atoms with van der Waals surface area (Å²) in [5, 5.41) is 6.92. The molecule has 0 amide bonds. The molecule has 4 rings (SSSR count). The molecule has 3 aromatic carbocycles. The predicted molar refractivity (Wildman–Crippen MR) is 136 cm³/mol. The number of ether oxygens (including phenoxy) is 1. The smallest absolute Gasteiger partial charge is 0.320 e. The fourth-order valence-corrected chi connectivity index (χ4v) is 4.19. The van der Waals surface area contributed by atoms with Crippen LogP contribution in [0.15, 0.2) is 85.2 Å². The molecule has 6 heteroatoms. The Bertz CT molecular complexity index is 1260. The highest BCUT2D eigenvalue weighted by molar-refractivity contribution is 5.73. The Morgan fingerprint density at radius 1 is 0.971 bits per heavy atom. The summed E-state index contributed by atoms with van der Waals surface area (Å²) >= 11 is 0. The van der Waals surface area contributed by atoms with Crippen LogP contribution in [0.2, 0.25) is 0 Å². The molecule has 4 aromatic rings. The van der Waals surface area contributed by atoms with Crippen LogP contribution in [0.4, 0.5) is 4.39 Å². The molecule has 1 aromatic heterocycles. The Hall–Kier alpha value is -3.77. The summed E-state index contributed by atoms with van der Waals surface area (Å²) in [6.45, 7) is 5.60. The van der Waals surface area contributed by atoms with Gasteiger partial charge in [0.1, 0.15) is 11.4 Å². The van der Waals surface area contributed by atoms with E-state index in [4.69, 9.17) is 4.74 Å². The van der Waals surface area contributed by atoms with Crippen molar-refractivity contribution in [3.63, 3.8) is 0 Å². The normalized spacial score (nSPS) is 12.5. The van der Waals surface area contributed by atoms with Crippen molar-refractivity contribution in [3.05, 3.63) is 102 Å². The van der Waals surface area contributed by atoms with Gasteiger partial charge in [-0.15, -0.1) is 0 Å². The molecular formula is C29H30FN3O2. The monoisotopic (exact) mass is 471 g/mol. The SMILES string of the molecule is CN(CC(=O)OC(C)(C)C)C(c1cn[nH]c1)c1ccc(F)c(-c2ccc(-c3ccccc3)cc2)c1. The molecule has 0 aliphatic carbocycles. The third-order valence-electron chi connectivity index (χ3n) is 5.68. The highest BCUT2D eigenvalue weighted by atomic mass is 19.1. The third kappa shape index (κ3) is 6.03. The molecule has 0 fully saturated rings. The van der Waals surface area contributed by atoms with Gasteiger partial charge in [-0.05, 0) is 62.2 Å². The zero-order chi connectivity index (χ0) is 25.0. The summed E-state index contributed by atoms with van der Waals surface area (Å²) in [5.41, 5.74) is 4.61. The van der Waals surface area contributed by atoms with Crippen LogP contribution >= 0.6 is 0 Å². The third-order valence-corrected chi connectivity index (χ3v) is 5.68. The van der Waals surface area contributed by atoms with Gasteiger partial charge >= 0.3 is 5.97 Å². The lowest BCUT2D eigenvalue weighted by Crippen LogP contribution is -2.35. The minimum absolute atomic E-state index is 0.0750. The molecule has 0 bridgehead atoms. The van der Waals surface area contributed by atoms with E-state index in [0.717, 1.165) is 27.8 Å². The molecule has 1 N–H and O–H groups in total. The Morgan fingerprint density at radius 3 is 2.26 bits per heavy atom. The molecule has 0 aliphatic rings. The second-order valence-electron chi connectivity index (χ2n) is 9.62. The summed E-state index contributed by atoms with van der Waals surface area (Å²) in [6, 6.07) is 22.7. The van der Waals surface area contributed by atoms with Crippen LogP contribution < -0.4 is 0 Å². The molecule has 0 spiro atoms. The maximum Gasteiger partial charge on any atom is 0.320 e. The van der Waals surface area contributed by atoms with Crippen molar-refractivity contribution in [2.45, 2.75) is 32.4 Å². The average Bonchev–Trinajstić information content (AvgIpc) is 3.34. The number of halogens is 1. The maximum absolute atomic E-state index is 15.0. The van der Waals surface area contributed by atoms with Crippen molar-refractivity contribution < 1.29 is 13.9 Å². The highest BCUT2D eigenvalue weighted by Crippen LogP contribution is 2.33. The summed E-state index contributed by atoms with van der Waals surface area (Å²) in [4.78, 5) is 14.4. The second-order valence-corrected chi connectivity index (χ2v) is 9.62. The van der Waals surface area contributed by atoms with Crippen molar-refractivity contribution in [1.29, 1.82) is 0 Å². The fraction of sp³-hybridized carbons (Fsp3) is 0.241. The number of nitrogens with zero attached hydrogens (tertiary/aromatic N) is 2. The number of nitrogens with one attached hydrogen (secondary N) is 1. The van der Waals surface area contributed by atoms with E-state index in [0.29, 0.717) is 5.56 Å². The van der Waals surface area contributed by atoms with E-state index in [-0.39, 0.29) is 24.4 Å². The molecule has 0 radical (unpaired) electrons. The minimum atomic E-state index is -0.571. The number of rotatable bonds is 7. The van der Waals surface area contributed by atoms with Gasteiger partial charge in [-0.1, -0.05) is 60.7 Å². The fourth-order valence-electron chi connectivity index (χ4n) is 4.19. The van der Waals surface area contributed by atoms with Crippen LogP contribution in [0.3, 0.4) is 0 Å². The zero-order valence-corrected chi connectivity index (χ0v) is 20.5. The summed E-state index contributed by atoms with van der Waals surface area (Å²) < 4.78 is 20.5. The first kappa shape index (κ1) is 24.4. The number of aromatic nitrogens is 2. The molecule has 5 nitrogen and oxygen atoms in total. The van der Waals surface area contributed by atoms with Crippen molar-refractivity contribution >= 4 is 5.97 Å². The van der Waals surface area contributed by atoms with Crippen LogP contribution in [0.5, 0.6) is 0 Å². The summed E-state index contributed by atoms with van der Waals surface area (Å²) in [5.74, 6) is -0.630. The van der Waals surface area contributed by atoms with Crippen LogP contribution in [0.1, 0.15) is 37.9 Å². The molecule has 0 saturated carbocycles. The van der Waals surface area contributed by atoms with E-state index < -0.39 is 5.60 Å². The van der Waals surface area contributed by atoms with E-state index in [1.54, 1.807) is 18.5 Å². The molecule has 35 heavy (non-hydrogen) atoms. The van der Waals surface area contributed by atoms with Gasteiger partial charge in [0.25, 0.3) is 0 Å². The molecule has 180 valence electrons. The highest BCUT2D eigenvalue weighted by Gasteiger charge is 2.26. The number of esters is 1. The Balaban J connectivity index is 1.65. The maximum atomic E-state index is 15.0. The molecule has 1 unspecified atom stereocenters. The minimum Gasteiger partial charge on any atom is -0.459 e. The number of carbonyl (C=O) groups is 1. The predicted octanol–water partition coefficient (Wildman–Crippen LogP) is 6.25. The van der Waals surface area contributed by atoms with Crippen LogP contribution in [-0.4, -0.2) is 40.3 Å². The quantitative estimate of drug-likeness (QED) is 0.324. The lowest BCUT2D eigenvalue weighted by Gasteiger charge is -2.29. The van der Waals surface area contributed by atoms with E-state index >= 15 is 0 Å². The first-order valence-electron chi connectivity index (χ1n) is 11.6. The molecular weight excluding hydrogens is 441 g/mol. The topological polar surface area (TPSA) is 58.2 Å². The van der Waals surface area contributed by atoms with E-state index in [1.165, 1.54) is 6.07 Å². The van der Waals surface area contributed by atoms with Gasteiger partial charge in [-0.2, -0.15) is 5.10 Å². The number of H-pyrrole nitrogens is 1. The number of aromatic amines is 1. The average molecular weight is 472 g/mol. The summed E-state index contributed by atoms with van der Waals surface area (Å²) in [7, 11) is 1.85. The first-order chi connectivity index (χ1) is 16.7.